The van der Waals surface area contributed by atoms with E-state index in [1.54, 1.807) is 17.0 Å². The van der Waals surface area contributed by atoms with Crippen molar-refractivity contribution in [2.24, 2.45) is 5.41 Å². The molecule has 0 radical (unpaired) electrons. The number of methoxy groups -OCH3 is 1. The van der Waals surface area contributed by atoms with E-state index in [-0.39, 0.29) is 17.6 Å². The summed E-state index contributed by atoms with van der Waals surface area (Å²) in [6.07, 6.45) is 1.05. The van der Waals surface area contributed by atoms with E-state index in [9.17, 15) is 13.2 Å². The SMILES string of the molecule is COc1cc(N2CC3(C2)CN(c2nnc4n2-c2ccc(Cl)cc2CN(C2CC2(F)F)C4)C3)ncc1F. The summed E-state index contributed by atoms with van der Waals surface area (Å²) in [5, 5.41) is 9.45. The van der Waals surface area contributed by atoms with E-state index in [0.717, 1.165) is 37.4 Å². The maximum atomic E-state index is 13.9. The molecule has 1 saturated carbocycles. The number of alkyl halides is 2. The highest BCUT2D eigenvalue weighted by atomic mass is 35.5. The van der Waals surface area contributed by atoms with Gasteiger partial charge in [0.15, 0.2) is 17.4 Å². The van der Waals surface area contributed by atoms with Crippen LogP contribution in [0.15, 0.2) is 30.5 Å². The molecule has 36 heavy (non-hydrogen) atoms. The van der Waals surface area contributed by atoms with Crippen LogP contribution in [0.3, 0.4) is 0 Å². The second kappa shape index (κ2) is 7.48. The van der Waals surface area contributed by atoms with Crippen LogP contribution >= 0.6 is 11.6 Å². The van der Waals surface area contributed by atoms with Gasteiger partial charge >= 0.3 is 0 Å². The highest BCUT2D eigenvalue weighted by Crippen LogP contribution is 2.48. The molecule has 1 atom stereocenters. The molecule has 0 amide bonds. The molecule has 1 aliphatic carbocycles. The summed E-state index contributed by atoms with van der Waals surface area (Å²) >= 11 is 6.27. The quantitative estimate of drug-likeness (QED) is 0.525. The Hall–Kier alpha value is -3.05. The zero-order valence-corrected chi connectivity index (χ0v) is 20.2. The first kappa shape index (κ1) is 22.2. The summed E-state index contributed by atoms with van der Waals surface area (Å²) in [6.45, 7) is 3.84. The number of benzene rings is 1. The van der Waals surface area contributed by atoms with Crippen molar-refractivity contribution in [3.05, 3.63) is 52.7 Å². The maximum absolute atomic E-state index is 13.9. The molecule has 1 aromatic carbocycles. The van der Waals surface area contributed by atoms with Crippen LogP contribution in [0.25, 0.3) is 5.69 Å². The summed E-state index contributed by atoms with van der Waals surface area (Å²) in [4.78, 5) is 10.3. The van der Waals surface area contributed by atoms with Gasteiger partial charge in [0, 0.05) is 55.6 Å². The van der Waals surface area contributed by atoms with E-state index in [1.165, 1.54) is 13.3 Å². The molecule has 2 saturated heterocycles. The lowest BCUT2D eigenvalue weighted by molar-refractivity contribution is 0.0663. The Labute approximate surface area is 210 Å². The van der Waals surface area contributed by atoms with Crippen LogP contribution in [-0.4, -0.2) is 69.9 Å². The number of ether oxygens (including phenoxy) is 1. The van der Waals surface area contributed by atoms with Crippen LogP contribution in [0.1, 0.15) is 17.8 Å². The van der Waals surface area contributed by atoms with Crippen molar-refractivity contribution in [1.29, 1.82) is 0 Å². The van der Waals surface area contributed by atoms with Gasteiger partial charge in [0.2, 0.25) is 5.95 Å². The number of halogens is 4. The summed E-state index contributed by atoms with van der Waals surface area (Å²) in [5.74, 6) is -0.920. The number of fused-ring (bicyclic) bond motifs is 3. The van der Waals surface area contributed by atoms with E-state index in [4.69, 9.17) is 16.3 Å². The number of hydrogen-bond donors (Lipinski definition) is 0. The summed E-state index contributed by atoms with van der Waals surface area (Å²) in [5.41, 5.74) is 1.84. The lowest BCUT2D eigenvalue weighted by atomic mass is 9.73. The fraction of sp³-hybridized carbons (Fsp3) is 0.458. The van der Waals surface area contributed by atoms with Crippen molar-refractivity contribution in [1.82, 2.24) is 24.6 Å². The van der Waals surface area contributed by atoms with E-state index < -0.39 is 17.8 Å². The van der Waals surface area contributed by atoms with E-state index in [2.05, 4.69) is 25.0 Å². The third-order valence-corrected chi connectivity index (χ3v) is 7.92. The molecule has 0 N–H and O–H groups in total. The Kier molecular flexibility index (Phi) is 4.61. The molecule has 3 fully saturated rings. The second-order valence-electron chi connectivity index (χ2n) is 10.3. The van der Waals surface area contributed by atoms with Crippen molar-refractivity contribution < 1.29 is 17.9 Å². The Morgan fingerprint density at radius 3 is 2.53 bits per heavy atom. The van der Waals surface area contributed by atoms with Crippen LogP contribution in [0.2, 0.25) is 5.02 Å². The highest BCUT2D eigenvalue weighted by molar-refractivity contribution is 6.30. The number of rotatable bonds is 4. The van der Waals surface area contributed by atoms with Crippen LogP contribution < -0.4 is 14.5 Å². The number of pyridine rings is 1. The van der Waals surface area contributed by atoms with Gasteiger partial charge in [0.25, 0.3) is 5.92 Å². The number of nitrogens with zero attached hydrogens (tertiary/aromatic N) is 7. The van der Waals surface area contributed by atoms with Gasteiger partial charge in [-0.2, -0.15) is 0 Å². The third kappa shape index (κ3) is 3.36. The predicted octanol–water partition coefficient (Wildman–Crippen LogP) is 3.51. The van der Waals surface area contributed by atoms with Crippen molar-refractivity contribution >= 4 is 23.4 Å². The predicted molar refractivity (Wildman–Crippen MR) is 127 cm³/mol. The Bertz CT molecular complexity index is 1370. The van der Waals surface area contributed by atoms with E-state index >= 15 is 0 Å². The normalized spacial score (nSPS) is 23.4. The largest absolute Gasteiger partial charge is 0.493 e. The van der Waals surface area contributed by atoms with Crippen LogP contribution in [-0.2, 0) is 13.1 Å². The zero-order chi connectivity index (χ0) is 24.8. The number of anilines is 2. The maximum Gasteiger partial charge on any atom is 0.265 e. The summed E-state index contributed by atoms with van der Waals surface area (Å²) in [7, 11) is 1.44. The van der Waals surface area contributed by atoms with Gasteiger partial charge < -0.3 is 14.5 Å². The third-order valence-electron chi connectivity index (χ3n) is 7.68. The first-order chi connectivity index (χ1) is 17.2. The van der Waals surface area contributed by atoms with Gasteiger partial charge in [-0.3, -0.25) is 9.47 Å². The molecule has 3 aromatic rings. The van der Waals surface area contributed by atoms with Gasteiger partial charge in [0.1, 0.15) is 5.82 Å². The van der Waals surface area contributed by atoms with Crippen molar-refractivity contribution in [2.75, 3.05) is 43.1 Å². The molecule has 8 nitrogen and oxygen atoms in total. The van der Waals surface area contributed by atoms with Crippen LogP contribution in [0, 0.1) is 11.2 Å². The summed E-state index contributed by atoms with van der Waals surface area (Å²) in [6, 6.07) is 6.39. The minimum Gasteiger partial charge on any atom is -0.493 e. The smallest absolute Gasteiger partial charge is 0.265 e. The Morgan fingerprint density at radius 1 is 1.06 bits per heavy atom. The van der Waals surface area contributed by atoms with Crippen molar-refractivity contribution in [3.8, 4) is 11.4 Å². The molecule has 1 unspecified atom stereocenters. The molecule has 1 spiro atoms. The van der Waals surface area contributed by atoms with Crippen LogP contribution in [0.4, 0.5) is 24.9 Å². The lowest BCUT2D eigenvalue weighted by Crippen LogP contribution is -2.73. The molecule has 188 valence electrons. The average Bonchev–Trinajstić information content (AvgIpc) is 3.30. The molecule has 0 bridgehead atoms. The van der Waals surface area contributed by atoms with E-state index in [0.29, 0.717) is 35.7 Å². The standard InChI is InChI=1S/C24H23ClF3N7O/c1-36-18-5-20(29-7-16(18)26)33-10-23(11-33)12-34(13-23)22-31-30-21-9-32(19-6-24(19,27)28)8-14-4-15(25)2-3-17(14)35(21)22/h2-5,7,19H,6,8-13H2,1H3. The molecule has 12 heteroatoms. The van der Waals surface area contributed by atoms with Gasteiger partial charge in [-0.15, -0.1) is 10.2 Å². The van der Waals surface area contributed by atoms with Gasteiger partial charge in [-0.25, -0.2) is 18.2 Å². The lowest BCUT2D eigenvalue weighted by Gasteiger charge is -2.60. The molecule has 4 aliphatic rings. The molecule has 5 heterocycles. The Balaban J connectivity index is 1.12. The topological polar surface area (TPSA) is 62.6 Å². The zero-order valence-electron chi connectivity index (χ0n) is 19.5. The fourth-order valence-corrected chi connectivity index (χ4v) is 6.00. The van der Waals surface area contributed by atoms with Gasteiger partial charge in [-0.1, -0.05) is 11.6 Å². The average molecular weight is 518 g/mol. The molecular formula is C24H23ClF3N7O. The minimum absolute atomic E-state index is 0.0886. The first-order valence-electron chi connectivity index (χ1n) is 11.8. The monoisotopic (exact) mass is 517 g/mol. The van der Waals surface area contributed by atoms with Gasteiger partial charge in [0.05, 0.1) is 31.6 Å². The molecule has 7 rings (SSSR count). The fourth-order valence-electron chi connectivity index (χ4n) is 5.80. The van der Waals surface area contributed by atoms with E-state index in [1.807, 2.05) is 16.7 Å². The number of hydrogen-bond acceptors (Lipinski definition) is 7. The van der Waals surface area contributed by atoms with Crippen molar-refractivity contribution in [3.63, 3.8) is 0 Å². The highest BCUT2D eigenvalue weighted by Gasteiger charge is 2.60. The Morgan fingerprint density at radius 2 is 1.81 bits per heavy atom. The molecule has 2 aromatic heterocycles. The minimum atomic E-state index is -2.67. The summed E-state index contributed by atoms with van der Waals surface area (Å²) < 4.78 is 48.7. The molecular weight excluding hydrogens is 495 g/mol. The molecule has 3 aliphatic heterocycles. The van der Waals surface area contributed by atoms with Gasteiger partial charge in [-0.05, 0) is 23.8 Å². The van der Waals surface area contributed by atoms with Crippen LogP contribution in [0.5, 0.6) is 5.75 Å². The number of aromatic nitrogens is 4. The van der Waals surface area contributed by atoms with Crippen molar-refractivity contribution in [2.45, 2.75) is 31.5 Å². The first-order valence-corrected chi connectivity index (χ1v) is 12.2. The second-order valence-corrected chi connectivity index (χ2v) is 10.7.